The van der Waals surface area contributed by atoms with Crippen LogP contribution in [-0.4, -0.2) is 19.0 Å². The SMILES string of the molecule is O=C1CC[C@@H]2COCC[C@@H]2C1. The predicted octanol–water partition coefficient (Wildman–Crippen LogP) is 1.39. The molecule has 2 rings (SSSR count). The van der Waals surface area contributed by atoms with Crippen LogP contribution in [0, 0.1) is 11.8 Å². The van der Waals surface area contributed by atoms with Gasteiger partial charge in [-0.2, -0.15) is 0 Å². The third-order valence-corrected chi connectivity index (χ3v) is 2.92. The highest BCUT2D eigenvalue weighted by Crippen LogP contribution is 2.33. The molecule has 1 saturated heterocycles. The minimum Gasteiger partial charge on any atom is -0.381 e. The van der Waals surface area contributed by atoms with Gasteiger partial charge < -0.3 is 4.74 Å². The smallest absolute Gasteiger partial charge is 0.133 e. The maximum Gasteiger partial charge on any atom is 0.133 e. The summed E-state index contributed by atoms with van der Waals surface area (Å²) >= 11 is 0. The molecular weight excluding hydrogens is 140 g/mol. The Morgan fingerprint density at radius 3 is 3.09 bits per heavy atom. The molecule has 1 saturated carbocycles. The van der Waals surface area contributed by atoms with Gasteiger partial charge in [0.2, 0.25) is 0 Å². The molecule has 0 radical (unpaired) electrons. The first-order valence-corrected chi connectivity index (χ1v) is 4.45. The van der Waals surface area contributed by atoms with Gasteiger partial charge in [-0.3, -0.25) is 4.79 Å². The Balaban J connectivity index is 1.98. The van der Waals surface area contributed by atoms with Crippen molar-refractivity contribution in [1.82, 2.24) is 0 Å². The third-order valence-electron chi connectivity index (χ3n) is 2.92. The molecule has 0 spiro atoms. The van der Waals surface area contributed by atoms with Gasteiger partial charge in [0.05, 0.1) is 0 Å². The monoisotopic (exact) mass is 154 g/mol. The van der Waals surface area contributed by atoms with Crippen molar-refractivity contribution in [3.05, 3.63) is 0 Å². The normalized spacial score (nSPS) is 38.4. The van der Waals surface area contributed by atoms with E-state index in [1.54, 1.807) is 0 Å². The maximum absolute atomic E-state index is 11.1. The minimum atomic E-state index is 0.466. The summed E-state index contributed by atoms with van der Waals surface area (Å²) in [5.74, 6) is 1.82. The second-order valence-corrected chi connectivity index (χ2v) is 3.67. The topological polar surface area (TPSA) is 26.3 Å². The molecule has 1 aliphatic carbocycles. The standard InChI is InChI=1S/C9H14O2/c10-9-2-1-8-6-11-4-3-7(8)5-9/h7-8H,1-6H2/t7-,8-/m1/s1. The Kier molecular flexibility index (Phi) is 1.95. The molecule has 0 aromatic rings. The first-order chi connectivity index (χ1) is 5.36. The summed E-state index contributed by atoms with van der Waals surface area (Å²) in [6, 6.07) is 0. The molecule has 0 aromatic heterocycles. The zero-order chi connectivity index (χ0) is 7.68. The van der Waals surface area contributed by atoms with E-state index in [1.165, 1.54) is 0 Å². The van der Waals surface area contributed by atoms with Crippen molar-refractivity contribution < 1.29 is 9.53 Å². The predicted molar refractivity (Wildman–Crippen MR) is 41.3 cm³/mol. The van der Waals surface area contributed by atoms with E-state index < -0.39 is 0 Å². The third kappa shape index (κ3) is 1.45. The van der Waals surface area contributed by atoms with E-state index >= 15 is 0 Å². The number of fused-ring (bicyclic) bond motifs is 1. The summed E-state index contributed by atoms with van der Waals surface area (Å²) in [7, 11) is 0. The number of carbonyl (C=O) groups is 1. The fourth-order valence-corrected chi connectivity index (χ4v) is 2.17. The minimum absolute atomic E-state index is 0.466. The van der Waals surface area contributed by atoms with Gasteiger partial charge in [-0.25, -0.2) is 0 Å². The Hall–Kier alpha value is -0.370. The average Bonchev–Trinajstić information content (AvgIpc) is 2.04. The van der Waals surface area contributed by atoms with Crippen LogP contribution in [0.5, 0.6) is 0 Å². The highest BCUT2D eigenvalue weighted by Gasteiger charge is 2.31. The van der Waals surface area contributed by atoms with Crippen LogP contribution in [-0.2, 0) is 9.53 Å². The number of ketones is 1. The summed E-state index contributed by atoms with van der Waals surface area (Å²) in [5.41, 5.74) is 0. The number of Topliss-reactive ketones (excluding diaryl/α,β-unsaturated/α-hetero) is 1. The Bertz CT molecular complexity index is 165. The first kappa shape index (κ1) is 7.29. The van der Waals surface area contributed by atoms with Crippen LogP contribution in [0.2, 0.25) is 0 Å². The van der Waals surface area contributed by atoms with E-state index in [4.69, 9.17) is 4.74 Å². The second-order valence-electron chi connectivity index (χ2n) is 3.67. The molecule has 2 aliphatic rings. The molecule has 2 nitrogen and oxygen atoms in total. The van der Waals surface area contributed by atoms with E-state index in [1.807, 2.05) is 0 Å². The molecule has 0 amide bonds. The van der Waals surface area contributed by atoms with Crippen molar-refractivity contribution in [2.75, 3.05) is 13.2 Å². The molecule has 1 aliphatic heterocycles. The zero-order valence-corrected chi connectivity index (χ0v) is 6.71. The van der Waals surface area contributed by atoms with Crippen molar-refractivity contribution in [2.24, 2.45) is 11.8 Å². The van der Waals surface area contributed by atoms with Gasteiger partial charge >= 0.3 is 0 Å². The molecule has 0 unspecified atom stereocenters. The van der Waals surface area contributed by atoms with Gasteiger partial charge in [0.1, 0.15) is 5.78 Å². The lowest BCUT2D eigenvalue weighted by molar-refractivity contribution is -0.125. The van der Waals surface area contributed by atoms with Gasteiger partial charge in [-0.15, -0.1) is 0 Å². The summed E-state index contributed by atoms with van der Waals surface area (Å²) < 4.78 is 5.36. The molecule has 0 bridgehead atoms. The Labute approximate surface area is 66.9 Å². The van der Waals surface area contributed by atoms with E-state index in [9.17, 15) is 4.79 Å². The van der Waals surface area contributed by atoms with Crippen molar-refractivity contribution in [1.29, 1.82) is 0 Å². The van der Waals surface area contributed by atoms with Gasteiger partial charge in [-0.1, -0.05) is 0 Å². The Morgan fingerprint density at radius 2 is 2.18 bits per heavy atom. The van der Waals surface area contributed by atoms with Crippen LogP contribution in [0.1, 0.15) is 25.7 Å². The maximum atomic E-state index is 11.1. The molecule has 2 fully saturated rings. The van der Waals surface area contributed by atoms with Crippen LogP contribution in [0.15, 0.2) is 0 Å². The van der Waals surface area contributed by atoms with Gasteiger partial charge in [0.15, 0.2) is 0 Å². The van der Waals surface area contributed by atoms with Crippen molar-refractivity contribution in [2.45, 2.75) is 25.7 Å². The van der Waals surface area contributed by atoms with Gasteiger partial charge in [0, 0.05) is 26.1 Å². The first-order valence-electron chi connectivity index (χ1n) is 4.45. The number of hydrogen-bond acceptors (Lipinski definition) is 2. The molecule has 62 valence electrons. The number of rotatable bonds is 0. The molecule has 0 N–H and O–H groups in total. The quantitative estimate of drug-likeness (QED) is 0.527. The highest BCUT2D eigenvalue weighted by molar-refractivity contribution is 5.79. The van der Waals surface area contributed by atoms with Crippen molar-refractivity contribution >= 4 is 5.78 Å². The summed E-state index contributed by atoms with van der Waals surface area (Å²) in [4.78, 5) is 11.1. The molecular formula is C9H14O2. The lowest BCUT2D eigenvalue weighted by atomic mass is 9.76. The lowest BCUT2D eigenvalue weighted by Gasteiger charge is -2.34. The number of ether oxygens (including phenoxy) is 1. The van der Waals surface area contributed by atoms with Gasteiger partial charge in [-0.05, 0) is 24.7 Å². The highest BCUT2D eigenvalue weighted by atomic mass is 16.5. The average molecular weight is 154 g/mol. The lowest BCUT2D eigenvalue weighted by Crippen LogP contribution is -2.33. The summed E-state index contributed by atoms with van der Waals surface area (Å²) in [6.07, 6.45) is 3.80. The fourth-order valence-electron chi connectivity index (χ4n) is 2.17. The zero-order valence-electron chi connectivity index (χ0n) is 6.71. The molecule has 11 heavy (non-hydrogen) atoms. The molecule has 1 heterocycles. The van der Waals surface area contributed by atoms with Crippen LogP contribution in [0.25, 0.3) is 0 Å². The van der Waals surface area contributed by atoms with Crippen molar-refractivity contribution in [3.8, 4) is 0 Å². The van der Waals surface area contributed by atoms with Crippen LogP contribution in [0.3, 0.4) is 0 Å². The van der Waals surface area contributed by atoms with E-state index in [2.05, 4.69) is 0 Å². The molecule has 2 atom stereocenters. The van der Waals surface area contributed by atoms with Gasteiger partial charge in [0.25, 0.3) is 0 Å². The summed E-state index contributed by atoms with van der Waals surface area (Å²) in [6.45, 7) is 1.77. The van der Waals surface area contributed by atoms with E-state index in [-0.39, 0.29) is 0 Å². The second kappa shape index (κ2) is 2.94. The van der Waals surface area contributed by atoms with Crippen LogP contribution < -0.4 is 0 Å². The fraction of sp³-hybridized carbons (Fsp3) is 0.889. The summed E-state index contributed by atoms with van der Waals surface area (Å²) in [5, 5.41) is 0. The molecule has 0 aromatic carbocycles. The van der Waals surface area contributed by atoms with Crippen LogP contribution >= 0.6 is 0 Å². The van der Waals surface area contributed by atoms with E-state index in [0.717, 1.165) is 38.9 Å². The largest absolute Gasteiger partial charge is 0.381 e. The molecule has 2 heteroatoms. The number of hydrogen-bond donors (Lipinski definition) is 0. The Morgan fingerprint density at radius 1 is 1.27 bits per heavy atom. The van der Waals surface area contributed by atoms with Crippen molar-refractivity contribution in [3.63, 3.8) is 0 Å². The van der Waals surface area contributed by atoms with Crippen LogP contribution in [0.4, 0.5) is 0 Å². The van der Waals surface area contributed by atoms with E-state index in [0.29, 0.717) is 17.6 Å². The number of carbonyl (C=O) groups excluding carboxylic acids is 1.